The van der Waals surface area contributed by atoms with Crippen LogP contribution in [0, 0.1) is 16.0 Å². The second-order valence-electron chi connectivity index (χ2n) is 4.60. The van der Waals surface area contributed by atoms with Gasteiger partial charge in [0.05, 0.1) is 4.92 Å². The molecule has 0 bridgehead atoms. The number of carbonyl (C=O) groups is 1. The molecule has 0 aromatic heterocycles. The van der Waals surface area contributed by atoms with E-state index in [4.69, 9.17) is 26.6 Å². The van der Waals surface area contributed by atoms with E-state index >= 15 is 0 Å². The summed E-state index contributed by atoms with van der Waals surface area (Å²) in [5.41, 5.74) is 1.08. The molecule has 0 saturated heterocycles. The number of carboxylic acid groups (broad SMARTS) is 2. The average Bonchev–Trinajstić information content (AvgIpc) is 3.15. The molecule has 2 N–H and O–H groups in total. The van der Waals surface area contributed by atoms with Crippen LogP contribution in [0.5, 0.6) is 0 Å². The molecule has 6 nitrogen and oxygen atoms in total. The van der Waals surface area contributed by atoms with Crippen molar-refractivity contribution in [3.8, 4) is 0 Å². The van der Waals surface area contributed by atoms with Crippen LogP contribution in [0.4, 0.5) is 10.5 Å². The van der Waals surface area contributed by atoms with Gasteiger partial charge in [-0.15, -0.1) is 0 Å². The molecule has 0 aliphatic heterocycles. The van der Waals surface area contributed by atoms with E-state index in [9.17, 15) is 10.1 Å². The van der Waals surface area contributed by atoms with Crippen LogP contribution in [0.3, 0.4) is 0 Å². The summed E-state index contributed by atoms with van der Waals surface area (Å²) in [4.78, 5) is 18.9. The Morgan fingerprint density at radius 1 is 1.50 bits per heavy atom. The van der Waals surface area contributed by atoms with Gasteiger partial charge in [-0.25, -0.2) is 4.79 Å². The van der Waals surface area contributed by atoms with Gasteiger partial charge in [0.15, 0.2) is 0 Å². The van der Waals surface area contributed by atoms with Crippen molar-refractivity contribution in [2.45, 2.75) is 32.1 Å². The molecule has 2 rings (SSSR count). The van der Waals surface area contributed by atoms with Crippen molar-refractivity contribution in [1.82, 2.24) is 0 Å². The molecule has 7 heteroatoms. The fraction of sp³-hybridized carbons (Fsp3) is 0.462. The standard InChI is InChI=1S/C12H14ClNO2.CH2O3/c1-2-10(8-3-4-8)9-5-6-11(13)12(7-9)14(15)16;2-1(3)4/h5-8,10H,2-4H2,1H3;(H2,2,3,4). The Morgan fingerprint density at radius 2 is 2.05 bits per heavy atom. The van der Waals surface area contributed by atoms with Crippen LogP contribution in [-0.2, 0) is 0 Å². The predicted molar refractivity (Wildman–Crippen MR) is 74.5 cm³/mol. The predicted octanol–water partition coefficient (Wildman–Crippen LogP) is 4.37. The van der Waals surface area contributed by atoms with Crippen molar-refractivity contribution in [2.24, 2.45) is 5.92 Å². The molecule has 20 heavy (non-hydrogen) atoms. The highest BCUT2D eigenvalue weighted by Gasteiger charge is 2.31. The maximum atomic E-state index is 10.8. The molecule has 1 aliphatic rings. The molecule has 0 amide bonds. The van der Waals surface area contributed by atoms with Gasteiger partial charge in [0.25, 0.3) is 5.69 Å². The summed E-state index contributed by atoms with van der Waals surface area (Å²) in [7, 11) is 0. The first kappa shape index (κ1) is 16.2. The van der Waals surface area contributed by atoms with E-state index in [0.29, 0.717) is 11.8 Å². The van der Waals surface area contributed by atoms with E-state index < -0.39 is 11.1 Å². The lowest BCUT2D eigenvalue weighted by Crippen LogP contribution is -2.01. The maximum absolute atomic E-state index is 10.8. The molecule has 0 spiro atoms. The summed E-state index contributed by atoms with van der Waals surface area (Å²) >= 11 is 5.79. The summed E-state index contributed by atoms with van der Waals surface area (Å²) in [6.45, 7) is 2.13. The van der Waals surface area contributed by atoms with E-state index in [1.807, 2.05) is 6.07 Å². The van der Waals surface area contributed by atoms with Crippen LogP contribution in [0.15, 0.2) is 18.2 Å². The molecule has 1 aromatic rings. The molecule has 1 aromatic carbocycles. The first-order chi connectivity index (χ1) is 9.36. The highest BCUT2D eigenvalue weighted by molar-refractivity contribution is 6.32. The van der Waals surface area contributed by atoms with E-state index in [-0.39, 0.29) is 10.7 Å². The Labute approximate surface area is 121 Å². The zero-order valence-electron chi connectivity index (χ0n) is 11.0. The minimum absolute atomic E-state index is 0.0262. The number of nitrogens with zero attached hydrogens (tertiary/aromatic N) is 1. The summed E-state index contributed by atoms with van der Waals surface area (Å²) < 4.78 is 0. The third-order valence-electron chi connectivity index (χ3n) is 3.23. The Morgan fingerprint density at radius 3 is 2.45 bits per heavy atom. The lowest BCUT2D eigenvalue weighted by Gasteiger charge is -2.14. The Hall–Kier alpha value is -1.82. The smallest absolute Gasteiger partial charge is 0.450 e. The molecular formula is C13H16ClNO5. The zero-order chi connectivity index (χ0) is 15.3. The average molecular weight is 302 g/mol. The molecule has 0 radical (unpaired) electrons. The topological polar surface area (TPSA) is 101 Å². The maximum Gasteiger partial charge on any atom is 0.503 e. The molecule has 0 heterocycles. The van der Waals surface area contributed by atoms with Gasteiger partial charge in [-0.05, 0) is 42.7 Å². The van der Waals surface area contributed by atoms with Gasteiger partial charge in [0, 0.05) is 6.07 Å². The third kappa shape index (κ3) is 4.70. The van der Waals surface area contributed by atoms with Gasteiger partial charge in [0.2, 0.25) is 0 Å². The Kier molecular flexibility index (Phi) is 5.76. The van der Waals surface area contributed by atoms with Crippen molar-refractivity contribution in [3.05, 3.63) is 38.9 Å². The van der Waals surface area contributed by atoms with Gasteiger partial charge in [-0.2, -0.15) is 0 Å². The summed E-state index contributed by atoms with van der Waals surface area (Å²) in [6.07, 6.45) is 1.69. The molecule has 1 fully saturated rings. The molecule has 1 unspecified atom stereocenters. The van der Waals surface area contributed by atoms with E-state index in [0.717, 1.165) is 12.0 Å². The summed E-state index contributed by atoms with van der Waals surface area (Å²) in [6, 6.07) is 5.19. The van der Waals surface area contributed by atoms with Gasteiger partial charge >= 0.3 is 6.16 Å². The highest BCUT2D eigenvalue weighted by Crippen LogP contribution is 2.45. The molecule has 1 saturated carbocycles. The van der Waals surface area contributed by atoms with Crippen molar-refractivity contribution in [2.75, 3.05) is 0 Å². The van der Waals surface area contributed by atoms with E-state index in [1.54, 1.807) is 12.1 Å². The summed E-state index contributed by atoms with van der Waals surface area (Å²) in [5.74, 6) is 1.17. The number of hydrogen-bond donors (Lipinski definition) is 2. The molecule has 1 atom stereocenters. The Bertz CT molecular complexity index is 498. The largest absolute Gasteiger partial charge is 0.503 e. The van der Waals surface area contributed by atoms with Gasteiger partial charge < -0.3 is 10.2 Å². The Balaban J connectivity index is 0.000000444. The number of nitro groups is 1. The van der Waals surface area contributed by atoms with Crippen LogP contribution >= 0.6 is 11.6 Å². The van der Waals surface area contributed by atoms with Crippen LogP contribution in [0.2, 0.25) is 5.02 Å². The lowest BCUT2D eigenvalue weighted by molar-refractivity contribution is -0.384. The molecule has 1 aliphatic carbocycles. The number of rotatable bonds is 4. The molecular weight excluding hydrogens is 286 g/mol. The number of hydrogen-bond acceptors (Lipinski definition) is 3. The second-order valence-corrected chi connectivity index (χ2v) is 5.01. The van der Waals surface area contributed by atoms with Crippen LogP contribution in [-0.4, -0.2) is 21.3 Å². The minimum Gasteiger partial charge on any atom is -0.450 e. The van der Waals surface area contributed by atoms with Crippen molar-refractivity contribution in [3.63, 3.8) is 0 Å². The molecule has 110 valence electrons. The minimum atomic E-state index is -1.83. The van der Waals surface area contributed by atoms with Crippen molar-refractivity contribution in [1.29, 1.82) is 0 Å². The fourth-order valence-corrected chi connectivity index (χ4v) is 2.43. The first-order valence-corrected chi connectivity index (χ1v) is 6.60. The van der Waals surface area contributed by atoms with Crippen molar-refractivity contribution >= 4 is 23.4 Å². The monoisotopic (exact) mass is 301 g/mol. The normalized spacial score (nSPS) is 14.9. The third-order valence-corrected chi connectivity index (χ3v) is 3.55. The summed E-state index contributed by atoms with van der Waals surface area (Å²) in [5, 5.41) is 25.0. The zero-order valence-corrected chi connectivity index (χ0v) is 11.7. The van der Waals surface area contributed by atoms with Gasteiger partial charge in [0.1, 0.15) is 5.02 Å². The number of halogens is 1. The van der Waals surface area contributed by atoms with Gasteiger partial charge in [-0.3, -0.25) is 10.1 Å². The van der Waals surface area contributed by atoms with Gasteiger partial charge in [-0.1, -0.05) is 24.6 Å². The van der Waals surface area contributed by atoms with E-state index in [2.05, 4.69) is 6.92 Å². The second kappa shape index (κ2) is 7.09. The highest BCUT2D eigenvalue weighted by atomic mass is 35.5. The SMILES string of the molecule is CCC(c1ccc(Cl)c([N+](=O)[O-])c1)C1CC1.O=C(O)O. The number of nitro benzene ring substituents is 1. The van der Waals surface area contributed by atoms with Crippen molar-refractivity contribution < 1.29 is 19.9 Å². The number of benzene rings is 1. The van der Waals surface area contributed by atoms with Crippen LogP contribution in [0.25, 0.3) is 0 Å². The lowest BCUT2D eigenvalue weighted by atomic mass is 9.91. The van der Waals surface area contributed by atoms with Crippen LogP contribution in [0.1, 0.15) is 37.7 Å². The van der Waals surface area contributed by atoms with Crippen LogP contribution < -0.4 is 0 Å². The first-order valence-electron chi connectivity index (χ1n) is 6.22. The van der Waals surface area contributed by atoms with E-state index in [1.165, 1.54) is 12.8 Å². The quantitative estimate of drug-likeness (QED) is 0.635. The fourth-order valence-electron chi connectivity index (χ4n) is 2.24.